The molecule has 0 aromatic heterocycles. The maximum Gasteiger partial charge on any atom is 1.00 e. The number of hydrogen-bond donors (Lipinski definition) is 0. The summed E-state index contributed by atoms with van der Waals surface area (Å²) in [6, 6.07) is 0. The smallest absolute Gasteiger partial charge is 0.747 e. The van der Waals surface area contributed by atoms with Crippen LogP contribution < -0.4 is 29.6 Å². The van der Waals surface area contributed by atoms with Gasteiger partial charge >= 0.3 is 29.6 Å². The monoisotopic (exact) mass is 444 g/mol. The topological polar surface area (TPSA) is 150 Å². The van der Waals surface area contributed by atoms with Gasteiger partial charge in [0.2, 0.25) is 0 Å². The fourth-order valence-corrected chi connectivity index (χ4v) is 2.80. The van der Waals surface area contributed by atoms with Gasteiger partial charge in [0, 0.05) is 12.8 Å². The van der Waals surface area contributed by atoms with Crippen LogP contribution in [-0.2, 0) is 39.0 Å². The first-order valence-electron chi connectivity index (χ1n) is 8.48. The Kier molecular flexibility index (Phi) is 9.64. The van der Waals surface area contributed by atoms with Gasteiger partial charge in [-0.05, 0) is 41.5 Å². The van der Waals surface area contributed by atoms with E-state index in [0.29, 0.717) is 5.06 Å². The van der Waals surface area contributed by atoms with Crippen molar-refractivity contribution in [3.8, 4) is 0 Å². The molecule has 11 nitrogen and oxygen atoms in total. The first-order valence-corrected chi connectivity index (χ1v) is 9.95. The Morgan fingerprint density at radius 1 is 0.828 bits per heavy atom. The van der Waals surface area contributed by atoms with Crippen LogP contribution in [0, 0.1) is 0 Å². The van der Waals surface area contributed by atoms with Crippen LogP contribution in [0.15, 0.2) is 0 Å². The average Bonchev–Trinajstić information content (AvgIpc) is 2.92. The van der Waals surface area contributed by atoms with Crippen molar-refractivity contribution in [3.05, 3.63) is 0 Å². The van der Waals surface area contributed by atoms with Gasteiger partial charge in [-0.15, -0.1) is 0 Å². The molecule has 13 heteroatoms. The first-order chi connectivity index (χ1) is 12.4. The van der Waals surface area contributed by atoms with E-state index in [4.69, 9.17) is 9.68 Å². The van der Waals surface area contributed by atoms with Crippen molar-refractivity contribution >= 4 is 33.7 Å². The van der Waals surface area contributed by atoms with Crippen LogP contribution in [0.5, 0.6) is 0 Å². The van der Waals surface area contributed by atoms with Crippen LogP contribution in [0.1, 0.15) is 60.8 Å². The van der Waals surface area contributed by atoms with Gasteiger partial charge in [-0.3, -0.25) is 28.9 Å². The minimum absolute atomic E-state index is 0. The van der Waals surface area contributed by atoms with Gasteiger partial charge in [0.15, 0.2) is 0 Å². The van der Waals surface area contributed by atoms with E-state index in [1.165, 1.54) is 0 Å². The predicted octanol–water partition coefficient (Wildman–Crippen LogP) is -2.74. The summed E-state index contributed by atoms with van der Waals surface area (Å²) in [7, 11) is -4.82. The summed E-state index contributed by atoms with van der Waals surface area (Å²) in [6.07, 6.45) is -0.107. The molecular formula is C16H25N2NaO9S. The Labute approximate surface area is 192 Å². The van der Waals surface area contributed by atoms with Gasteiger partial charge in [0.05, 0.1) is 17.6 Å². The number of carbonyl (C=O) groups is 4. The minimum atomic E-state index is -4.82. The van der Waals surface area contributed by atoms with Crippen LogP contribution in [0.3, 0.4) is 0 Å². The number of rotatable bonds is 3. The largest absolute Gasteiger partial charge is 1.00 e. The van der Waals surface area contributed by atoms with Crippen molar-refractivity contribution in [1.82, 2.24) is 10.1 Å². The Morgan fingerprint density at radius 2 is 1.21 bits per heavy atom. The fraction of sp³-hybridized carbons (Fsp3) is 0.750. The molecule has 1 atom stereocenters. The van der Waals surface area contributed by atoms with Crippen LogP contribution in [-0.4, -0.2) is 63.2 Å². The van der Waals surface area contributed by atoms with Crippen molar-refractivity contribution in [1.29, 1.82) is 0 Å². The van der Waals surface area contributed by atoms with Crippen molar-refractivity contribution in [3.63, 3.8) is 0 Å². The van der Waals surface area contributed by atoms with Crippen LogP contribution >= 0.6 is 0 Å². The molecule has 4 amide bonds. The molecule has 2 fully saturated rings. The van der Waals surface area contributed by atoms with Gasteiger partial charge in [-0.2, -0.15) is 10.1 Å². The molecule has 0 aromatic carbocycles. The van der Waals surface area contributed by atoms with Crippen LogP contribution in [0.25, 0.3) is 0 Å². The third-order valence-corrected chi connectivity index (χ3v) is 4.21. The van der Waals surface area contributed by atoms with Gasteiger partial charge in [-0.25, -0.2) is 8.42 Å². The fourth-order valence-electron chi connectivity index (χ4n) is 2.11. The molecule has 0 N–H and O–H groups in total. The molecule has 1 unspecified atom stereocenters. The molecule has 2 heterocycles. The summed E-state index contributed by atoms with van der Waals surface area (Å²) >= 11 is 0. The van der Waals surface area contributed by atoms with Gasteiger partial charge in [0.1, 0.15) is 15.4 Å². The summed E-state index contributed by atoms with van der Waals surface area (Å²) in [5, 5.41) is -0.623. The van der Waals surface area contributed by atoms with Crippen molar-refractivity contribution in [2.75, 3.05) is 0 Å². The van der Waals surface area contributed by atoms with E-state index in [1.807, 2.05) is 0 Å². The van der Waals surface area contributed by atoms with Gasteiger partial charge < -0.3 is 4.55 Å². The number of amides is 4. The van der Waals surface area contributed by atoms with Crippen LogP contribution in [0.4, 0.5) is 0 Å². The second-order valence-corrected chi connectivity index (χ2v) is 9.76. The molecule has 160 valence electrons. The second-order valence-electron chi connectivity index (χ2n) is 8.20. The minimum Gasteiger partial charge on any atom is -0.747 e. The third-order valence-electron chi connectivity index (χ3n) is 3.15. The SMILES string of the molecule is CC(C)(C)ON1C(=O)CC(S(=O)(=O)[O-])C1=O.CC(C)(C)ON1C(=O)CCC1=O.[Na+]. The molecule has 0 spiro atoms. The zero-order valence-corrected chi connectivity index (χ0v) is 20.5. The maximum absolute atomic E-state index is 11.4. The van der Waals surface area contributed by atoms with E-state index >= 15 is 0 Å². The summed E-state index contributed by atoms with van der Waals surface area (Å²) in [5.74, 6) is -2.41. The molecule has 0 aliphatic carbocycles. The average molecular weight is 444 g/mol. The normalized spacial score (nSPS) is 20.6. The molecule has 2 aliphatic heterocycles. The number of nitrogens with zero attached hydrogens (tertiary/aromatic N) is 2. The maximum atomic E-state index is 11.4. The summed E-state index contributed by atoms with van der Waals surface area (Å²) < 4.78 is 32.1. The molecule has 0 saturated carbocycles. The number of imide groups is 2. The predicted molar refractivity (Wildman–Crippen MR) is 92.7 cm³/mol. The van der Waals surface area contributed by atoms with E-state index in [0.717, 1.165) is 5.06 Å². The van der Waals surface area contributed by atoms with Gasteiger partial charge in [-0.1, -0.05) is 0 Å². The molecule has 0 aromatic rings. The molecular weight excluding hydrogens is 419 g/mol. The standard InChI is InChI=1S/C8H13NO6S.C8H13NO3.Na/c1-8(2,3)15-9-6(10)4-5(7(9)11)16(12,13)14;1-8(2,3)12-9-6(10)4-5-7(9)11;/h5H,4H2,1-3H3,(H,12,13,14);4-5H2,1-3H3;/q;;+1/p-1. The number of hydrogen-bond acceptors (Lipinski definition) is 9. The molecule has 2 rings (SSSR count). The molecule has 0 radical (unpaired) electrons. The summed E-state index contributed by atoms with van der Waals surface area (Å²) in [4.78, 5) is 55.0. The molecule has 0 bridgehead atoms. The van der Waals surface area contributed by atoms with E-state index in [2.05, 4.69) is 0 Å². The Balaban J connectivity index is 0.000000542. The zero-order chi connectivity index (χ0) is 22.1. The quantitative estimate of drug-likeness (QED) is 0.256. The van der Waals surface area contributed by atoms with Crippen molar-refractivity contribution in [2.45, 2.75) is 77.3 Å². The van der Waals surface area contributed by atoms with Gasteiger partial charge in [0.25, 0.3) is 23.6 Å². The third kappa shape index (κ3) is 8.79. The molecule has 2 saturated heterocycles. The van der Waals surface area contributed by atoms with E-state index in [1.54, 1.807) is 41.5 Å². The first kappa shape index (κ1) is 28.1. The number of hydroxylamine groups is 4. The molecule has 29 heavy (non-hydrogen) atoms. The Morgan fingerprint density at radius 3 is 1.52 bits per heavy atom. The van der Waals surface area contributed by atoms with E-state index in [9.17, 15) is 32.1 Å². The molecule has 2 aliphatic rings. The van der Waals surface area contributed by atoms with E-state index < -0.39 is 44.8 Å². The van der Waals surface area contributed by atoms with Crippen molar-refractivity contribution in [2.24, 2.45) is 0 Å². The Hall–Kier alpha value is -0.890. The van der Waals surface area contributed by atoms with E-state index in [-0.39, 0.29) is 54.2 Å². The summed E-state index contributed by atoms with van der Waals surface area (Å²) in [6.45, 7) is 10.2. The summed E-state index contributed by atoms with van der Waals surface area (Å²) in [5.41, 5.74) is -1.32. The van der Waals surface area contributed by atoms with Crippen LogP contribution in [0.2, 0.25) is 0 Å². The number of carbonyl (C=O) groups excluding carboxylic acids is 4. The Bertz CT molecular complexity index is 752. The second kappa shape index (κ2) is 9.94. The zero-order valence-electron chi connectivity index (χ0n) is 17.7. The van der Waals surface area contributed by atoms with Crippen molar-refractivity contribution < 1.29 is 71.4 Å².